The summed E-state index contributed by atoms with van der Waals surface area (Å²) in [5.74, 6) is -0.968. The SMILES string of the molecule is CCCCC/C=C/C/C=C/C/C=C/CCCCC(=O)OC[C@H](COP(=O)(O)OC[C@@H](O)CO)OC(=O)CCCCCCCCCCCCC/C=C/CCCCCCCC. The number of phosphoric ester groups is 1. The van der Waals surface area contributed by atoms with Crippen molar-refractivity contribution in [2.75, 3.05) is 26.4 Å². The first kappa shape index (κ1) is 56.9. The van der Waals surface area contributed by atoms with Crippen LogP contribution >= 0.6 is 7.82 Å². The fourth-order valence-electron chi connectivity index (χ4n) is 6.29. The minimum absolute atomic E-state index is 0.175. The van der Waals surface area contributed by atoms with Crippen LogP contribution in [0.4, 0.5) is 0 Å². The van der Waals surface area contributed by atoms with Crippen LogP contribution in [-0.4, -0.2) is 65.7 Å². The van der Waals surface area contributed by atoms with E-state index >= 15 is 0 Å². The average molecular weight is 855 g/mol. The van der Waals surface area contributed by atoms with Crippen molar-refractivity contribution in [3.8, 4) is 0 Å². The highest BCUT2D eigenvalue weighted by molar-refractivity contribution is 7.47. The van der Waals surface area contributed by atoms with Gasteiger partial charge in [-0.15, -0.1) is 0 Å². The maximum Gasteiger partial charge on any atom is 0.472 e. The van der Waals surface area contributed by atoms with Crippen molar-refractivity contribution in [3.05, 3.63) is 48.6 Å². The van der Waals surface area contributed by atoms with Crippen molar-refractivity contribution in [1.82, 2.24) is 0 Å². The lowest BCUT2D eigenvalue weighted by Crippen LogP contribution is -2.29. The molecule has 0 aliphatic rings. The van der Waals surface area contributed by atoms with E-state index in [1.165, 1.54) is 116 Å². The van der Waals surface area contributed by atoms with Gasteiger partial charge in [-0.3, -0.25) is 18.6 Å². The third-order valence-electron chi connectivity index (χ3n) is 9.96. The molecule has 3 N–H and O–H groups in total. The molecule has 0 amide bonds. The topological polar surface area (TPSA) is 149 Å². The molecule has 0 aliphatic heterocycles. The van der Waals surface area contributed by atoms with Crippen LogP contribution < -0.4 is 0 Å². The Hall–Kier alpha value is -2.07. The minimum atomic E-state index is -4.63. The molecule has 0 aliphatic carbocycles. The molecule has 0 aromatic heterocycles. The maximum atomic E-state index is 12.6. The molecule has 0 aromatic rings. The molecule has 10 nitrogen and oxygen atoms in total. The average Bonchev–Trinajstić information content (AvgIpc) is 3.22. The van der Waals surface area contributed by atoms with Gasteiger partial charge in [-0.2, -0.15) is 0 Å². The quantitative estimate of drug-likeness (QED) is 0.0234. The Morgan fingerprint density at radius 1 is 0.508 bits per heavy atom. The first-order chi connectivity index (χ1) is 28.7. The highest BCUT2D eigenvalue weighted by Crippen LogP contribution is 2.43. The first-order valence-corrected chi connectivity index (χ1v) is 25.1. The second-order valence-electron chi connectivity index (χ2n) is 15.8. The molecule has 0 heterocycles. The highest BCUT2D eigenvalue weighted by Gasteiger charge is 2.27. The third-order valence-corrected chi connectivity index (χ3v) is 10.9. The maximum absolute atomic E-state index is 12.6. The lowest BCUT2D eigenvalue weighted by molar-refractivity contribution is -0.161. The largest absolute Gasteiger partial charge is 0.472 e. The second kappa shape index (κ2) is 44.0. The Balaban J connectivity index is 4.26. The van der Waals surface area contributed by atoms with Crippen molar-refractivity contribution in [3.63, 3.8) is 0 Å². The number of esters is 2. The molecule has 0 radical (unpaired) electrons. The summed E-state index contributed by atoms with van der Waals surface area (Å²) in [5, 5.41) is 18.4. The highest BCUT2D eigenvalue weighted by atomic mass is 31.2. The molecule has 0 saturated heterocycles. The van der Waals surface area contributed by atoms with Crippen molar-refractivity contribution in [2.24, 2.45) is 0 Å². The molecule has 0 aromatic carbocycles. The van der Waals surface area contributed by atoms with Crippen molar-refractivity contribution >= 4 is 19.8 Å². The van der Waals surface area contributed by atoms with E-state index in [4.69, 9.17) is 23.6 Å². The molecule has 3 atom stereocenters. The predicted octanol–water partition coefficient (Wildman–Crippen LogP) is 12.9. The summed E-state index contributed by atoms with van der Waals surface area (Å²) in [6.07, 6.45) is 47.9. The van der Waals surface area contributed by atoms with Crippen LogP contribution in [-0.2, 0) is 32.7 Å². The number of hydrogen-bond donors (Lipinski definition) is 3. The Labute approximate surface area is 360 Å². The zero-order valence-corrected chi connectivity index (χ0v) is 38.4. The van der Waals surface area contributed by atoms with E-state index < -0.39 is 51.8 Å². The van der Waals surface area contributed by atoms with Crippen molar-refractivity contribution < 1.29 is 47.8 Å². The number of unbranched alkanes of at least 4 members (excludes halogenated alkanes) is 22. The van der Waals surface area contributed by atoms with E-state index in [0.717, 1.165) is 51.4 Å². The lowest BCUT2D eigenvalue weighted by atomic mass is 10.0. The van der Waals surface area contributed by atoms with E-state index in [1.807, 2.05) is 0 Å². The summed E-state index contributed by atoms with van der Waals surface area (Å²) < 4.78 is 32.7. The van der Waals surface area contributed by atoms with Gasteiger partial charge < -0.3 is 24.6 Å². The van der Waals surface area contributed by atoms with Crippen LogP contribution in [0.15, 0.2) is 48.6 Å². The Kier molecular flexibility index (Phi) is 42.5. The van der Waals surface area contributed by atoms with Gasteiger partial charge in [0.25, 0.3) is 0 Å². The number of aliphatic hydroxyl groups excluding tert-OH is 2. The molecule has 1 unspecified atom stereocenters. The number of phosphoric acid groups is 1. The lowest BCUT2D eigenvalue weighted by Gasteiger charge is -2.20. The van der Waals surface area contributed by atoms with E-state index in [-0.39, 0.29) is 19.4 Å². The van der Waals surface area contributed by atoms with Crippen molar-refractivity contribution in [2.45, 2.75) is 219 Å². The van der Waals surface area contributed by atoms with Gasteiger partial charge in [-0.1, -0.05) is 165 Å². The Bertz CT molecular complexity index is 1120. The number of rotatable bonds is 44. The smallest absolute Gasteiger partial charge is 0.462 e. The summed E-state index contributed by atoms with van der Waals surface area (Å²) in [6, 6.07) is 0. The summed E-state index contributed by atoms with van der Waals surface area (Å²) in [7, 11) is -4.63. The molecule has 0 fully saturated rings. The molecular weight excluding hydrogens is 767 g/mol. The van der Waals surface area contributed by atoms with Gasteiger partial charge in [0, 0.05) is 12.8 Å². The number of ether oxygens (including phenoxy) is 2. The van der Waals surface area contributed by atoms with Crippen LogP contribution in [0.3, 0.4) is 0 Å². The molecule has 344 valence electrons. The standard InChI is InChI=1S/C48H87O10P/c1-3-5-7-9-11-13-15-17-19-20-21-22-23-24-26-28-30-32-34-36-38-40-48(52)58-46(44-57-59(53,54)56-42-45(50)41-49)43-55-47(51)39-37-35-33-31-29-27-25-18-16-14-12-10-8-6-4-2/h12,14,17-19,25,29,31,45-46,49-50H,3-11,13,15-16,20-24,26-28,30,32-44H2,1-2H3,(H,53,54)/b14-12+,19-17+,25-18+,31-29+/t45-,46+/m0/s1. The minimum Gasteiger partial charge on any atom is -0.462 e. The number of carbonyl (C=O) groups is 2. The van der Waals surface area contributed by atoms with E-state index in [9.17, 15) is 24.2 Å². The normalized spacial score (nSPS) is 14.2. The van der Waals surface area contributed by atoms with Gasteiger partial charge >= 0.3 is 19.8 Å². The number of hydrogen-bond acceptors (Lipinski definition) is 9. The number of aliphatic hydroxyl groups is 2. The molecule has 0 saturated carbocycles. The fraction of sp³-hybridized carbons (Fsp3) is 0.792. The molecule has 0 bridgehead atoms. The molecule has 59 heavy (non-hydrogen) atoms. The number of allylic oxidation sites excluding steroid dienone is 8. The summed E-state index contributed by atoms with van der Waals surface area (Å²) in [5.41, 5.74) is 0. The van der Waals surface area contributed by atoms with E-state index in [1.54, 1.807) is 0 Å². The summed E-state index contributed by atoms with van der Waals surface area (Å²) in [4.78, 5) is 35.0. The summed E-state index contributed by atoms with van der Waals surface area (Å²) >= 11 is 0. The Morgan fingerprint density at radius 2 is 0.881 bits per heavy atom. The van der Waals surface area contributed by atoms with Gasteiger partial charge in [0.1, 0.15) is 12.7 Å². The van der Waals surface area contributed by atoms with Gasteiger partial charge in [0.15, 0.2) is 6.10 Å². The molecule has 11 heteroatoms. The molecule has 0 spiro atoms. The number of carbonyl (C=O) groups excluding carboxylic acids is 2. The van der Waals surface area contributed by atoms with Gasteiger partial charge in [-0.05, 0) is 77.0 Å². The predicted molar refractivity (Wildman–Crippen MR) is 242 cm³/mol. The van der Waals surface area contributed by atoms with Crippen molar-refractivity contribution in [1.29, 1.82) is 0 Å². The third kappa shape index (κ3) is 43.8. The molecule has 0 rings (SSSR count). The van der Waals surface area contributed by atoms with E-state index in [0.29, 0.717) is 12.8 Å². The van der Waals surface area contributed by atoms with Crippen LogP contribution in [0, 0.1) is 0 Å². The van der Waals surface area contributed by atoms with Gasteiger partial charge in [-0.25, -0.2) is 4.57 Å². The zero-order chi connectivity index (χ0) is 43.3. The zero-order valence-electron chi connectivity index (χ0n) is 37.5. The monoisotopic (exact) mass is 855 g/mol. The van der Waals surface area contributed by atoms with Crippen LogP contribution in [0.5, 0.6) is 0 Å². The fourth-order valence-corrected chi connectivity index (χ4v) is 7.08. The van der Waals surface area contributed by atoms with E-state index in [2.05, 4.69) is 62.5 Å². The van der Waals surface area contributed by atoms with Crippen LogP contribution in [0.1, 0.15) is 206 Å². The van der Waals surface area contributed by atoms with Gasteiger partial charge in [0.05, 0.1) is 19.8 Å². The molecular formula is C48H87O10P. The van der Waals surface area contributed by atoms with Gasteiger partial charge in [0.2, 0.25) is 0 Å². The summed E-state index contributed by atoms with van der Waals surface area (Å²) in [6.45, 7) is 2.32. The second-order valence-corrected chi connectivity index (χ2v) is 17.2. The van der Waals surface area contributed by atoms with Crippen LogP contribution in [0.25, 0.3) is 0 Å². The Morgan fingerprint density at radius 3 is 1.41 bits per heavy atom. The first-order valence-electron chi connectivity index (χ1n) is 23.6. The van der Waals surface area contributed by atoms with Crippen LogP contribution in [0.2, 0.25) is 0 Å².